The van der Waals surface area contributed by atoms with Gasteiger partial charge in [0.1, 0.15) is 11.3 Å². The molecule has 140 valence electrons. The molecule has 3 saturated heterocycles. The van der Waals surface area contributed by atoms with Crippen LogP contribution in [0.5, 0.6) is 0 Å². The highest BCUT2D eigenvalue weighted by Crippen LogP contribution is 2.38. The van der Waals surface area contributed by atoms with Gasteiger partial charge in [-0.2, -0.15) is 0 Å². The quantitative estimate of drug-likeness (QED) is 0.532. The highest BCUT2D eigenvalue weighted by molar-refractivity contribution is 6.34. The van der Waals surface area contributed by atoms with Crippen molar-refractivity contribution >= 4 is 34.3 Å². The number of nitrogens with two attached hydrogens (primary N) is 2. The molecule has 0 saturated carbocycles. The van der Waals surface area contributed by atoms with E-state index in [1.165, 1.54) is 37.7 Å². The maximum atomic E-state index is 11.1. The van der Waals surface area contributed by atoms with Gasteiger partial charge in [0.15, 0.2) is 0 Å². The molecule has 6 rings (SSSR count). The molecule has 0 unspecified atom stereocenters. The summed E-state index contributed by atoms with van der Waals surface area (Å²) in [7, 11) is 0. The summed E-state index contributed by atoms with van der Waals surface area (Å²) in [6, 6.07) is 3.60. The second-order valence-electron chi connectivity index (χ2n) is 7.93. The molecule has 1 aromatic heterocycles. The molecule has 1 aliphatic carbocycles. The Morgan fingerprint density at radius 2 is 1.77 bits per heavy atom. The van der Waals surface area contributed by atoms with Crippen LogP contribution in [0.1, 0.15) is 43.4 Å². The zero-order valence-electron chi connectivity index (χ0n) is 15.1. The second-order valence-corrected chi connectivity index (χ2v) is 8.34. The fourth-order valence-electron chi connectivity index (χ4n) is 4.75. The van der Waals surface area contributed by atoms with E-state index in [0.717, 1.165) is 55.1 Å². The number of urea groups is 1. The third-order valence-electron chi connectivity index (χ3n) is 6.47. The van der Waals surface area contributed by atoms with E-state index in [1.807, 2.05) is 6.07 Å². The fraction of sp³-hybridized carbons (Fsp3) is 0.550. The van der Waals surface area contributed by atoms with E-state index in [-0.39, 0.29) is 6.03 Å². The van der Waals surface area contributed by atoms with Gasteiger partial charge in [-0.25, -0.2) is 9.28 Å². The van der Waals surface area contributed by atoms with E-state index in [0.29, 0.717) is 15.2 Å². The zero-order chi connectivity index (χ0) is 18.3. The van der Waals surface area contributed by atoms with Crippen molar-refractivity contribution in [3.8, 4) is 0 Å². The van der Waals surface area contributed by atoms with Crippen molar-refractivity contribution in [2.24, 2.45) is 11.7 Å². The number of benzene rings is 1. The van der Waals surface area contributed by atoms with Crippen molar-refractivity contribution in [2.75, 3.05) is 25.4 Å². The maximum Gasteiger partial charge on any atom is 0.414 e. The van der Waals surface area contributed by atoms with Gasteiger partial charge in [-0.3, -0.25) is 0 Å². The van der Waals surface area contributed by atoms with E-state index < -0.39 is 0 Å². The molecule has 3 aliphatic heterocycles. The SMILES string of the molecule is NC(=O)[N+]12CCC(CC1)CC2.Nc1c(Cl)ccc2oc3c(c12)CCCC3. The molecular formula is C20H27ClN3O2+. The average molecular weight is 377 g/mol. The van der Waals surface area contributed by atoms with Crippen molar-refractivity contribution in [1.82, 2.24) is 0 Å². The highest BCUT2D eigenvalue weighted by Gasteiger charge is 2.44. The lowest BCUT2D eigenvalue weighted by Gasteiger charge is -2.45. The van der Waals surface area contributed by atoms with Crippen molar-refractivity contribution in [1.29, 1.82) is 0 Å². The third kappa shape index (κ3) is 2.97. The number of rotatable bonds is 0. The number of quaternary nitrogens is 1. The van der Waals surface area contributed by atoms with Gasteiger partial charge >= 0.3 is 6.03 Å². The Morgan fingerprint density at radius 1 is 1.12 bits per heavy atom. The highest BCUT2D eigenvalue weighted by atomic mass is 35.5. The minimum absolute atomic E-state index is 0.108. The summed E-state index contributed by atoms with van der Waals surface area (Å²) < 4.78 is 6.37. The molecule has 26 heavy (non-hydrogen) atoms. The van der Waals surface area contributed by atoms with Gasteiger partial charge in [0.05, 0.1) is 30.3 Å². The Balaban J connectivity index is 0.000000136. The van der Waals surface area contributed by atoms with Crippen molar-refractivity contribution in [2.45, 2.75) is 44.9 Å². The number of anilines is 1. The van der Waals surface area contributed by atoms with Gasteiger partial charge < -0.3 is 15.9 Å². The topological polar surface area (TPSA) is 82.2 Å². The number of piperidine rings is 3. The smallest absolute Gasteiger partial charge is 0.414 e. The molecule has 6 heteroatoms. The summed E-state index contributed by atoms with van der Waals surface area (Å²) in [5, 5.41) is 1.66. The lowest BCUT2D eigenvalue weighted by Crippen LogP contribution is -2.63. The monoisotopic (exact) mass is 376 g/mol. The predicted octanol–water partition coefficient (Wildman–Crippen LogP) is 4.24. The van der Waals surface area contributed by atoms with Crippen LogP contribution in [-0.2, 0) is 12.8 Å². The third-order valence-corrected chi connectivity index (χ3v) is 6.80. The van der Waals surface area contributed by atoms with Gasteiger partial charge in [0.25, 0.3) is 0 Å². The van der Waals surface area contributed by atoms with E-state index in [9.17, 15) is 4.79 Å². The van der Waals surface area contributed by atoms with E-state index in [4.69, 9.17) is 27.5 Å². The molecule has 0 atom stereocenters. The van der Waals surface area contributed by atoms with Crippen LogP contribution in [0.15, 0.2) is 16.5 Å². The van der Waals surface area contributed by atoms with Gasteiger partial charge in [0.2, 0.25) is 0 Å². The van der Waals surface area contributed by atoms with Crippen LogP contribution >= 0.6 is 11.6 Å². The van der Waals surface area contributed by atoms with E-state index in [1.54, 1.807) is 6.07 Å². The Hall–Kier alpha value is -1.72. The molecule has 2 bridgehead atoms. The summed E-state index contributed by atoms with van der Waals surface area (Å²) in [6.45, 7) is 3.00. The lowest BCUT2D eigenvalue weighted by atomic mass is 9.86. The zero-order valence-corrected chi connectivity index (χ0v) is 15.9. The first-order valence-corrected chi connectivity index (χ1v) is 10.0. The second kappa shape index (κ2) is 6.78. The number of hydrogen-bond donors (Lipinski definition) is 2. The van der Waals surface area contributed by atoms with Gasteiger partial charge in [-0.05, 0) is 37.3 Å². The number of nitrogen functional groups attached to an aromatic ring is 1. The molecule has 5 nitrogen and oxygen atoms in total. The number of aryl methyl sites for hydroxylation is 2. The molecule has 1 aromatic carbocycles. The predicted molar refractivity (Wildman–Crippen MR) is 104 cm³/mol. The first-order chi connectivity index (χ1) is 12.5. The Bertz CT molecular complexity index is 823. The molecule has 4 aliphatic rings. The first kappa shape index (κ1) is 17.7. The summed E-state index contributed by atoms with van der Waals surface area (Å²) in [6.07, 6.45) is 8.15. The number of hydrogen-bond acceptors (Lipinski definition) is 3. The standard InChI is InChI=1S/C12H12ClNO.C8H14N2O/c13-8-5-6-10-11(12(8)14)7-3-1-2-4-9(7)15-10;9-8(11)10-4-1-7(2-5-10)3-6-10/h5-6H,1-4,14H2;7H,1-6H2,(H-,9,11)/p+1. The Morgan fingerprint density at radius 3 is 2.38 bits per heavy atom. The molecule has 2 amide bonds. The number of carbonyl (C=O) groups is 1. The van der Waals surface area contributed by atoms with Crippen LogP contribution < -0.4 is 11.5 Å². The molecule has 4 heterocycles. The molecule has 0 spiro atoms. The molecule has 4 N–H and O–H groups in total. The Labute approximate surface area is 158 Å². The minimum atomic E-state index is -0.108. The van der Waals surface area contributed by atoms with Crippen molar-refractivity contribution in [3.63, 3.8) is 0 Å². The van der Waals surface area contributed by atoms with Crippen LogP contribution in [0.2, 0.25) is 5.02 Å². The number of furan rings is 1. The van der Waals surface area contributed by atoms with Crippen LogP contribution in [0.3, 0.4) is 0 Å². The molecule has 3 fully saturated rings. The fourth-order valence-corrected chi connectivity index (χ4v) is 4.90. The molecule has 2 aromatic rings. The van der Waals surface area contributed by atoms with Crippen molar-refractivity contribution in [3.05, 3.63) is 28.5 Å². The summed E-state index contributed by atoms with van der Waals surface area (Å²) in [5.74, 6) is 2.00. The lowest BCUT2D eigenvalue weighted by molar-refractivity contribution is -0.866. The molecule has 0 radical (unpaired) electrons. The van der Waals surface area contributed by atoms with E-state index in [2.05, 4.69) is 0 Å². The normalized spacial score (nSPS) is 26.9. The summed E-state index contributed by atoms with van der Waals surface area (Å²) >= 11 is 6.02. The van der Waals surface area contributed by atoms with Gasteiger partial charge in [0, 0.05) is 36.6 Å². The largest absolute Gasteiger partial charge is 0.461 e. The molecular weight excluding hydrogens is 350 g/mol. The minimum Gasteiger partial charge on any atom is -0.461 e. The average Bonchev–Trinajstić information content (AvgIpc) is 3.06. The summed E-state index contributed by atoms with van der Waals surface area (Å²) in [5.41, 5.74) is 14.2. The number of halogens is 1. The van der Waals surface area contributed by atoms with Gasteiger partial charge in [-0.15, -0.1) is 0 Å². The number of carbonyl (C=O) groups excluding carboxylic acids is 1. The number of fused-ring (bicyclic) bond motifs is 6. The first-order valence-electron chi connectivity index (χ1n) is 9.64. The maximum absolute atomic E-state index is 11.1. The number of amides is 2. The number of primary amides is 1. The van der Waals surface area contributed by atoms with Gasteiger partial charge in [-0.1, -0.05) is 11.6 Å². The Kier molecular flexibility index (Phi) is 4.61. The van der Waals surface area contributed by atoms with Crippen LogP contribution in [0, 0.1) is 5.92 Å². The van der Waals surface area contributed by atoms with Crippen LogP contribution in [0.4, 0.5) is 10.5 Å². The van der Waals surface area contributed by atoms with Crippen LogP contribution in [-0.4, -0.2) is 30.1 Å². The van der Waals surface area contributed by atoms with E-state index >= 15 is 0 Å². The van der Waals surface area contributed by atoms with Crippen LogP contribution in [0.25, 0.3) is 11.0 Å². The summed E-state index contributed by atoms with van der Waals surface area (Å²) in [4.78, 5) is 11.1. The van der Waals surface area contributed by atoms with Crippen molar-refractivity contribution < 1.29 is 13.7 Å². The number of nitrogens with zero attached hydrogens (tertiary/aromatic N) is 1.